The number of anilines is 1. The van der Waals surface area contributed by atoms with Gasteiger partial charge in [-0.3, -0.25) is 14.1 Å². The van der Waals surface area contributed by atoms with Gasteiger partial charge in [-0.1, -0.05) is 11.3 Å². The van der Waals surface area contributed by atoms with Crippen LogP contribution in [0, 0.1) is 0 Å². The third-order valence-electron chi connectivity index (χ3n) is 5.08. The van der Waals surface area contributed by atoms with Gasteiger partial charge in [0.05, 0.1) is 20.0 Å². The van der Waals surface area contributed by atoms with E-state index in [1.807, 2.05) is 6.92 Å². The molecule has 3 aromatic rings. The average molecular weight is 468 g/mol. The molecule has 30 heavy (non-hydrogen) atoms. The van der Waals surface area contributed by atoms with Crippen molar-refractivity contribution in [1.29, 1.82) is 0 Å². The molecule has 4 rings (SSSR count). The maximum absolute atomic E-state index is 12.8. The molecule has 1 aliphatic rings. The molecular formula is C19H21N3O5S3. The molecule has 1 N–H and O–H groups in total. The quantitative estimate of drug-likeness (QED) is 0.600. The maximum Gasteiger partial charge on any atom is 0.308 e. The van der Waals surface area contributed by atoms with Gasteiger partial charge in [0.15, 0.2) is 0 Å². The number of nitrogens with zero attached hydrogens (tertiary/aromatic N) is 2. The Bertz CT molecular complexity index is 1350. The molecule has 1 aromatic heterocycles. The number of benzene rings is 2. The van der Waals surface area contributed by atoms with Crippen LogP contribution in [0.25, 0.3) is 10.2 Å². The normalized spacial score (nSPS) is 15.6. The van der Waals surface area contributed by atoms with Crippen LogP contribution in [0.2, 0.25) is 0 Å². The molecule has 0 bridgehead atoms. The number of hydrogen-bond acceptors (Lipinski definition) is 6. The lowest BCUT2D eigenvalue weighted by Crippen LogP contribution is -2.27. The molecule has 0 unspecified atom stereocenters. The lowest BCUT2D eigenvalue weighted by Gasteiger charge is -2.16. The van der Waals surface area contributed by atoms with Gasteiger partial charge < -0.3 is 0 Å². The predicted octanol–water partition coefficient (Wildman–Crippen LogP) is 2.67. The largest absolute Gasteiger partial charge is 0.308 e. The third kappa shape index (κ3) is 3.78. The fourth-order valence-corrected chi connectivity index (χ4v) is 7.17. The third-order valence-corrected chi connectivity index (χ3v) is 9.31. The molecule has 0 atom stereocenters. The van der Waals surface area contributed by atoms with Crippen LogP contribution in [0.4, 0.5) is 5.69 Å². The van der Waals surface area contributed by atoms with E-state index in [0.29, 0.717) is 29.9 Å². The second kappa shape index (κ2) is 7.80. The minimum Gasteiger partial charge on any atom is -0.299 e. The first-order chi connectivity index (χ1) is 14.2. The van der Waals surface area contributed by atoms with E-state index < -0.39 is 20.0 Å². The first-order valence-corrected chi connectivity index (χ1v) is 13.2. The van der Waals surface area contributed by atoms with E-state index in [1.165, 1.54) is 40.7 Å². The van der Waals surface area contributed by atoms with E-state index in [9.17, 15) is 21.6 Å². The first-order valence-electron chi connectivity index (χ1n) is 9.49. The number of fused-ring (bicyclic) bond motifs is 1. The van der Waals surface area contributed by atoms with Crippen LogP contribution in [-0.2, 0) is 26.6 Å². The Hall–Kier alpha value is -2.21. The maximum atomic E-state index is 12.8. The Morgan fingerprint density at radius 1 is 0.967 bits per heavy atom. The standard InChI is InChI=1S/C19H21N3O5S3/c1-2-22-17-10-9-16(13-18(17)28-19(22)23)29(24,25)20-14-5-7-15(8-6-14)30(26,27)21-11-3-4-12-21/h5-10,13,20H,2-4,11-12H2,1H3. The number of nitrogens with one attached hydrogen (secondary N) is 1. The lowest BCUT2D eigenvalue weighted by molar-refractivity contribution is 0.477. The summed E-state index contributed by atoms with van der Waals surface area (Å²) in [6.45, 7) is 3.37. The zero-order valence-corrected chi connectivity index (χ0v) is 18.7. The van der Waals surface area contributed by atoms with Gasteiger partial charge in [-0.05, 0) is 62.2 Å². The molecule has 2 heterocycles. The SMILES string of the molecule is CCn1c(=O)sc2cc(S(=O)(=O)Nc3ccc(S(=O)(=O)N4CCCC4)cc3)ccc21. The summed E-state index contributed by atoms with van der Waals surface area (Å²) in [5, 5.41) is 0. The zero-order chi connectivity index (χ0) is 21.5. The Kier molecular flexibility index (Phi) is 5.47. The molecule has 11 heteroatoms. The number of hydrogen-bond donors (Lipinski definition) is 1. The van der Waals surface area contributed by atoms with Crippen molar-refractivity contribution in [1.82, 2.24) is 8.87 Å². The molecule has 1 saturated heterocycles. The van der Waals surface area contributed by atoms with E-state index in [-0.39, 0.29) is 20.4 Å². The van der Waals surface area contributed by atoms with Crippen molar-refractivity contribution in [3.05, 3.63) is 52.1 Å². The van der Waals surface area contributed by atoms with Crippen molar-refractivity contribution in [2.45, 2.75) is 36.1 Å². The molecule has 0 radical (unpaired) electrons. The van der Waals surface area contributed by atoms with Crippen LogP contribution < -0.4 is 9.60 Å². The first kappa shape index (κ1) is 21.0. The molecule has 1 aliphatic heterocycles. The molecular weight excluding hydrogens is 446 g/mol. The van der Waals surface area contributed by atoms with Crippen molar-refractivity contribution in [3.63, 3.8) is 0 Å². The van der Waals surface area contributed by atoms with Crippen LogP contribution in [0.15, 0.2) is 57.1 Å². The van der Waals surface area contributed by atoms with E-state index >= 15 is 0 Å². The van der Waals surface area contributed by atoms with Crippen molar-refractivity contribution < 1.29 is 16.8 Å². The van der Waals surface area contributed by atoms with Gasteiger partial charge in [-0.25, -0.2) is 16.8 Å². The second-order valence-corrected chi connectivity index (χ2v) is 11.6. The molecule has 1 fully saturated rings. The highest BCUT2D eigenvalue weighted by atomic mass is 32.2. The van der Waals surface area contributed by atoms with Gasteiger partial charge in [0, 0.05) is 25.3 Å². The van der Waals surface area contributed by atoms with Crippen molar-refractivity contribution in [2.24, 2.45) is 0 Å². The lowest BCUT2D eigenvalue weighted by atomic mass is 10.3. The minimum atomic E-state index is -3.89. The van der Waals surface area contributed by atoms with Crippen LogP contribution in [0.5, 0.6) is 0 Å². The van der Waals surface area contributed by atoms with Crippen LogP contribution in [0.1, 0.15) is 19.8 Å². The number of thiazole rings is 1. The highest BCUT2D eigenvalue weighted by molar-refractivity contribution is 7.92. The summed E-state index contributed by atoms with van der Waals surface area (Å²) in [6.07, 6.45) is 1.69. The Labute approximate surface area is 178 Å². The number of rotatable bonds is 6. The van der Waals surface area contributed by atoms with E-state index in [0.717, 1.165) is 24.2 Å². The van der Waals surface area contributed by atoms with Gasteiger partial charge in [0.1, 0.15) is 0 Å². The summed E-state index contributed by atoms with van der Waals surface area (Å²) >= 11 is 1.00. The predicted molar refractivity (Wildman–Crippen MR) is 117 cm³/mol. The number of aromatic nitrogens is 1. The molecule has 2 aromatic carbocycles. The summed E-state index contributed by atoms with van der Waals surface area (Å²) in [5.41, 5.74) is 0.956. The van der Waals surface area contributed by atoms with Gasteiger partial charge >= 0.3 is 4.87 Å². The summed E-state index contributed by atoms with van der Waals surface area (Å²) in [5.74, 6) is 0. The van der Waals surface area contributed by atoms with Gasteiger partial charge in [0.25, 0.3) is 10.0 Å². The van der Waals surface area contributed by atoms with Gasteiger partial charge in [-0.15, -0.1) is 0 Å². The topological polar surface area (TPSA) is 106 Å². The van der Waals surface area contributed by atoms with Crippen LogP contribution >= 0.6 is 11.3 Å². The Morgan fingerprint density at radius 3 is 2.23 bits per heavy atom. The summed E-state index contributed by atoms with van der Waals surface area (Å²) < 4.78 is 56.8. The molecule has 160 valence electrons. The smallest absolute Gasteiger partial charge is 0.299 e. The molecule has 0 aliphatic carbocycles. The van der Waals surface area contributed by atoms with Crippen LogP contribution in [-0.4, -0.2) is 38.8 Å². The molecule has 0 spiro atoms. The van der Waals surface area contributed by atoms with E-state index in [1.54, 1.807) is 10.6 Å². The molecule has 0 saturated carbocycles. The van der Waals surface area contributed by atoms with Crippen molar-refractivity contribution in [3.8, 4) is 0 Å². The highest BCUT2D eigenvalue weighted by Gasteiger charge is 2.27. The highest BCUT2D eigenvalue weighted by Crippen LogP contribution is 2.25. The van der Waals surface area contributed by atoms with Gasteiger partial charge in [-0.2, -0.15) is 4.31 Å². The summed E-state index contributed by atoms with van der Waals surface area (Å²) in [7, 11) is -7.45. The fraction of sp³-hybridized carbons (Fsp3) is 0.316. The van der Waals surface area contributed by atoms with E-state index in [2.05, 4.69) is 4.72 Å². The fourth-order valence-electron chi connectivity index (χ4n) is 3.50. The molecule has 8 nitrogen and oxygen atoms in total. The number of aryl methyl sites for hydroxylation is 1. The minimum absolute atomic E-state index is 0.0354. The summed E-state index contributed by atoms with van der Waals surface area (Å²) in [4.78, 5) is 12.0. The Balaban J connectivity index is 1.59. The van der Waals surface area contributed by atoms with Crippen LogP contribution in [0.3, 0.4) is 0 Å². The van der Waals surface area contributed by atoms with Crippen molar-refractivity contribution in [2.75, 3.05) is 17.8 Å². The van der Waals surface area contributed by atoms with E-state index in [4.69, 9.17) is 0 Å². The Morgan fingerprint density at radius 2 is 1.60 bits per heavy atom. The summed E-state index contributed by atoms with van der Waals surface area (Å²) in [6, 6.07) is 10.2. The zero-order valence-electron chi connectivity index (χ0n) is 16.2. The van der Waals surface area contributed by atoms with Crippen molar-refractivity contribution >= 4 is 47.3 Å². The average Bonchev–Trinajstić information content (AvgIpc) is 3.35. The number of sulfonamides is 2. The van der Waals surface area contributed by atoms with Gasteiger partial charge in [0.2, 0.25) is 10.0 Å². The second-order valence-electron chi connectivity index (χ2n) is 6.98. The monoisotopic (exact) mass is 467 g/mol. The molecule has 0 amide bonds.